The Morgan fingerprint density at radius 1 is 1.23 bits per heavy atom. The number of nitrogens with zero attached hydrogens (tertiary/aromatic N) is 2. The van der Waals surface area contributed by atoms with Crippen LogP contribution in [0.15, 0.2) is 22.7 Å². The van der Waals surface area contributed by atoms with Crippen LogP contribution < -0.4 is 4.90 Å². The van der Waals surface area contributed by atoms with Gasteiger partial charge in [0.1, 0.15) is 0 Å². The van der Waals surface area contributed by atoms with Crippen molar-refractivity contribution in [3.05, 3.63) is 28.2 Å². The standard InChI is InChI=1S/C17H25BrN2O2/c1-5-6-10-19(4)17(22)9-11-20(14(3)21)15-8-7-13(2)16(18)12-15/h7-8,12H,5-6,9-11H2,1-4H3. The van der Waals surface area contributed by atoms with Crippen LogP contribution in [-0.2, 0) is 9.59 Å². The molecular formula is C17H25BrN2O2. The van der Waals surface area contributed by atoms with Crippen LogP contribution in [0.3, 0.4) is 0 Å². The van der Waals surface area contributed by atoms with Gasteiger partial charge in [-0.25, -0.2) is 0 Å². The first-order valence-corrected chi connectivity index (χ1v) is 8.44. The molecule has 4 nitrogen and oxygen atoms in total. The van der Waals surface area contributed by atoms with Gasteiger partial charge in [0.15, 0.2) is 0 Å². The first kappa shape index (κ1) is 18.7. The number of carbonyl (C=O) groups is 2. The molecule has 122 valence electrons. The molecule has 1 aromatic carbocycles. The largest absolute Gasteiger partial charge is 0.346 e. The smallest absolute Gasteiger partial charge is 0.224 e. The van der Waals surface area contributed by atoms with Crippen LogP contribution in [0.25, 0.3) is 0 Å². The highest BCUT2D eigenvalue weighted by Crippen LogP contribution is 2.24. The van der Waals surface area contributed by atoms with Crippen molar-refractivity contribution in [3.63, 3.8) is 0 Å². The predicted molar refractivity (Wildman–Crippen MR) is 94.1 cm³/mol. The number of unbranched alkanes of at least 4 members (excludes halogenated alkanes) is 1. The summed E-state index contributed by atoms with van der Waals surface area (Å²) in [7, 11) is 1.82. The lowest BCUT2D eigenvalue weighted by Gasteiger charge is -2.23. The Balaban J connectivity index is 2.71. The molecule has 0 aliphatic rings. The van der Waals surface area contributed by atoms with Gasteiger partial charge in [0.2, 0.25) is 11.8 Å². The summed E-state index contributed by atoms with van der Waals surface area (Å²) in [5.74, 6) is 0.0191. The molecule has 0 aliphatic heterocycles. The number of amides is 2. The first-order chi connectivity index (χ1) is 10.4. The molecule has 2 amide bonds. The maximum atomic E-state index is 12.1. The predicted octanol–water partition coefficient (Wildman–Crippen LogP) is 3.76. The summed E-state index contributed by atoms with van der Waals surface area (Å²) in [6.45, 7) is 6.80. The number of halogens is 1. The van der Waals surface area contributed by atoms with Crippen LogP contribution in [0.2, 0.25) is 0 Å². The first-order valence-electron chi connectivity index (χ1n) is 7.65. The molecule has 0 saturated carbocycles. The molecule has 5 heteroatoms. The van der Waals surface area contributed by atoms with E-state index >= 15 is 0 Å². The van der Waals surface area contributed by atoms with E-state index in [1.54, 1.807) is 9.80 Å². The van der Waals surface area contributed by atoms with Crippen LogP contribution in [0.1, 0.15) is 38.7 Å². The molecule has 0 atom stereocenters. The second-order valence-corrected chi connectivity index (χ2v) is 6.38. The van der Waals surface area contributed by atoms with Crippen molar-refractivity contribution in [2.45, 2.75) is 40.0 Å². The molecule has 0 fully saturated rings. The van der Waals surface area contributed by atoms with E-state index in [0.29, 0.717) is 13.0 Å². The number of aryl methyl sites for hydroxylation is 1. The zero-order valence-corrected chi connectivity index (χ0v) is 15.4. The number of carbonyl (C=O) groups excluding carboxylic acids is 2. The third-order valence-electron chi connectivity index (χ3n) is 3.67. The monoisotopic (exact) mass is 368 g/mol. The van der Waals surface area contributed by atoms with E-state index in [1.807, 2.05) is 32.2 Å². The van der Waals surface area contributed by atoms with E-state index < -0.39 is 0 Å². The van der Waals surface area contributed by atoms with Gasteiger partial charge in [-0.3, -0.25) is 9.59 Å². The Hall–Kier alpha value is -1.36. The van der Waals surface area contributed by atoms with Gasteiger partial charge in [0, 0.05) is 43.6 Å². The van der Waals surface area contributed by atoms with Crippen molar-refractivity contribution in [2.24, 2.45) is 0 Å². The maximum Gasteiger partial charge on any atom is 0.224 e. The van der Waals surface area contributed by atoms with Gasteiger partial charge in [-0.05, 0) is 31.0 Å². The van der Waals surface area contributed by atoms with Crippen molar-refractivity contribution >= 4 is 33.4 Å². The Morgan fingerprint density at radius 2 is 1.91 bits per heavy atom. The summed E-state index contributed by atoms with van der Waals surface area (Å²) in [6.07, 6.45) is 2.41. The number of hydrogen-bond donors (Lipinski definition) is 0. The normalized spacial score (nSPS) is 10.4. The summed E-state index contributed by atoms with van der Waals surface area (Å²) >= 11 is 3.48. The zero-order valence-electron chi connectivity index (χ0n) is 13.9. The van der Waals surface area contributed by atoms with Gasteiger partial charge < -0.3 is 9.80 Å². The fourth-order valence-electron chi connectivity index (χ4n) is 2.14. The molecule has 22 heavy (non-hydrogen) atoms. The van der Waals surface area contributed by atoms with Gasteiger partial charge >= 0.3 is 0 Å². The van der Waals surface area contributed by atoms with Crippen LogP contribution in [0.5, 0.6) is 0 Å². The Kier molecular flexibility index (Phi) is 7.59. The van der Waals surface area contributed by atoms with Crippen LogP contribution in [0, 0.1) is 6.92 Å². The Morgan fingerprint density at radius 3 is 2.45 bits per heavy atom. The third kappa shape index (κ3) is 5.44. The molecular weight excluding hydrogens is 344 g/mol. The lowest BCUT2D eigenvalue weighted by atomic mass is 10.2. The van der Waals surface area contributed by atoms with Gasteiger partial charge in [-0.1, -0.05) is 35.3 Å². The van der Waals surface area contributed by atoms with Crippen LogP contribution in [-0.4, -0.2) is 36.9 Å². The number of rotatable bonds is 7. The highest BCUT2D eigenvalue weighted by Gasteiger charge is 2.16. The zero-order chi connectivity index (χ0) is 16.7. The summed E-state index contributed by atoms with van der Waals surface area (Å²) < 4.78 is 0.961. The van der Waals surface area contributed by atoms with E-state index in [2.05, 4.69) is 22.9 Å². The highest BCUT2D eigenvalue weighted by molar-refractivity contribution is 9.10. The summed E-state index contributed by atoms with van der Waals surface area (Å²) in [4.78, 5) is 27.4. The van der Waals surface area contributed by atoms with Gasteiger partial charge in [0.25, 0.3) is 0 Å². The maximum absolute atomic E-state index is 12.1. The van der Waals surface area contributed by atoms with E-state index in [1.165, 1.54) is 6.92 Å². The molecule has 0 aromatic heterocycles. The van der Waals surface area contributed by atoms with E-state index in [4.69, 9.17) is 0 Å². The molecule has 0 heterocycles. The van der Waals surface area contributed by atoms with Gasteiger partial charge in [-0.2, -0.15) is 0 Å². The molecule has 0 radical (unpaired) electrons. The van der Waals surface area contributed by atoms with Gasteiger partial charge in [0.05, 0.1) is 0 Å². The minimum Gasteiger partial charge on any atom is -0.346 e. The highest BCUT2D eigenvalue weighted by atomic mass is 79.9. The Bertz CT molecular complexity index is 531. The lowest BCUT2D eigenvalue weighted by molar-refractivity contribution is -0.129. The average molecular weight is 369 g/mol. The van der Waals surface area contributed by atoms with E-state index in [9.17, 15) is 9.59 Å². The van der Waals surface area contributed by atoms with Crippen molar-refractivity contribution in [1.82, 2.24) is 4.90 Å². The fraction of sp³-hybridized carbons (Fsp3) is 0.529. The second-order valence-electron chi connectivity index (χ2n) is 5.52. The molecule has 1 rings (SSSR count). The van der Waals surface area contributed by atoms with Crippen molar-refractivity contribution in [1.29, 1.82) is 0 Å². The number of anilines is 1. The van der Waals surface area contributed by atoms with Crippen LogP contribution >= 0.6 is 15.9 Å². The average Bonchev–Trinajstić information content (AvgIpc) is 2.47. The molecule has 0 N–H and O–H groups in total. The second kappa shape index (κ2) is 8.93. The molecule has 0 unspecified atom stereocenters. The van der Waals surface area contributed by atoms with Crippen molar-refractivity contribution in [2.75, 3.05) is 25.0 Å². The minimum atomic E-state index is -0.0558. The van der Waals surface area contributed by atoms with Crippen molar-refractivity contribution in [3.8, 4) is 0 Å². The third-order valence-corrected chi connectivity index (χ3v) is 4.52. The topological polar surface area (TPSA) is 40.6 Å². The van der Waals surface area contributed by atoms with Crippen molar-refractivity contribution < 1.29 is 9.59 Å². The quantitative estimate of drug-likeness (QED) is 0.734. The summed E-state index contributed by atoms with van der Waals surface area (Å²) in [5, 5.41) is 0. The molecule has 0 aliphatic carbocycles. The minimum absolute atomic E-state index is 0.0558. The number of benzene rings is 1. The molecule has 0 bridgehead atoms. The molecule has 0 spiro atoms. The van der Waals surface area contributed by atoms with Gasteiger partial charge in [-0.15, -0.1) is 0 Å². The summed E-state index contributed by atoms with van der Waals surface area (Å²) in [6, 6.07) is 5.79. The fourth-order valence-corrected chi connectivity index (χ4v) is 2.50. The summed E-state index contributed by atoms with van der Waals surface area (Å²) in [5.41, 5.74) is 1.93. The van der Waals surface area contributed by atoms with E-state index in [-0.39, 0.29) is 11.8 Å². The van der Waals surface area contributed by atoms with Crippen LogP contribution in [0.4, 0.5) is 5.69 Å². The van der Waals surface area contributed by atoms with E-state index in [0.717, 1.165) is 35.1 Å². The Labute approximate surface area is 141 Å². The lowest BCUT2D eigenvalue weighted by Crippen LogP contribution is -2.35. The molecule has 0 saturated heterocycles. The number of hydrogen-bond acceptors (Lipinski definition) is 2. The molecule has 1 aromatic rings. The SMILES string of the molecule is CCCCN(C)C(=O)CCN(C(C)=O)c1ccc(C)c(Br)c1.